The maximum atomic E-state index is 12.9. The van der Waals surface area contributed by atoms with Crippen molar-refractivity contribution in [2.75, 3.05) is 20.5 Å². The van der Waals surface area contributed by atoms with Gasteiger partial charge >= 0.3 is 5.97 Å². The Morgan fingerprint density at radius 2 is 1.68 bits per heavy atom. The minimum Gasteiger partial charge on any atom is -0.464 e. The number of benzene rings is 1. The average molecular weight is 351 g/mol. The van der Waals surface area contributed by atoms with E-state index < -0.39 is 11.5 Å². The molecule has 0 aliphatic heterocycles. The van der Waals surface area contributed by atoms with Gasteiger partial charge in [0.25, 0.3) is 5.91 Å². The van der Waals surface area contributed by atoms with Crippen LogP contribution in [-0.2, 0) is 30.3 Å². The van der Waals surface area contributed by atoms with Crippen molar-refractivity contribution in [2.45, 2.75) is 53.5 Å². The lowest BCUT2D eigenvalue weighted by Crippen LogP contribution is -2.54. The molecule has 140 valence electrons. The molecule has 0 spiro atoms. The summed E-state index contributed by atoms with van der Waals surface area (Å²) in [7, 11) is 1.45. The highest BCUT2D eigenvalue weighted by molar-refractivity contribution is 5.87. The number of nitrogens with zero attached hydrogens (tertiary/aromatic N) is 1. The zero-order valence-electron chi connectivity index (χ0n) is 16.3. The van der Waals surface area contributed by atoms with E-state index in [9.17, 15) is 9.59 Å². The Kier molecular flexibility index (Phi) is 7.58. The summed E-state index contributed by atoms with van der Waals surface area (Å²) >= 11 is 0. The molecule has 0 aromatic heterocycles. The zero-order valence-corrected chi connectivity index (χ0v) is 16.3. The van der Waals surface area contributed by atoms with Crippen LogP contribution in [0.15, 0.2) is 12.1 Å². The van der Waals surface area contributed by atoms with E-state index in [-0.39, 0.29) is 25.7 Å². The Morgan fingerprint density at radius 1 is 1.12 bits per heavy atom. The fraction of sp³-hybridized carbons (Fsp3) is 0.579. The average Bonchev–Trinajstić information content (AvgIpc) is 2.51. The summed E-state index contributed by atoms with van der Waals surface area (Å²) in [5, 5.41) is 1.06. The van der Waals surface area contributed by atoms with Crippen LogP contribution in [-0.4, -0.2) is 43.0 Å². The summed E-state index contributed by atoms with van der Waals surface area (Å²) in [4.78, 5) is 30.6. The smallest absolute Gasteiger partial charge is 0.334 e. The molecule has 1 aromatic rings. The van der Waals surface area contributed by atoms with Crippen LogP contribution in [0, 0.1) is 20.8 Å². The number of hydrogen-bond donors (Lipinski definition) is 0. The number of amides is 1. The molecule has 0 radical (unpaired) electrons. The van der Waals surface area contributed by atoms with Gasteiger partial charge < -0.3 is 9.47 Å². The number of hydroxylamine groups is 2. The van der Waals surface area contributed by atoms with Gasteiger partial charge in [0.2, 0.25) is 0 Å². The zero-order chi connectivity index (χ0) is 19.2. The molecule has 6 nitrogen and oxygen atoms in total. The highest BCUT2D eigenvalue weighted by Gasteiger charge is 2.41. The highest BCUT2D eigenvalue weighted by Crippen LogP contribution is 2.22. The summed E-state index contributed by atoms with van der Waals surface area (Å²) in [6.45, 7) is 10.9. The molecule has 0 aliphatic rings. The fourth-order valence-electron chi connectivity index (χ4n) is 2.75. The normalized spacial score (nSPS) is 11.3. The second-order valence-corrected chi connectivity index (χ2v) is 6.56. The largest absolute Gasteiger partial charge is 0.464 e. The van der Waals surface area contributed by atoms with E-state index in [0.29, 0.717) is 0 Å². The van der Waals surface area contributed by atoms with Crippen LogP contribution < -0.4 is 0 Å². The Hall–Kier alpha value is -1.92. The number of methoxy groups -OCH3 is 1. The van der Waals surface area contributed by atoms with Crippen molar-refractivity contribution in [1.29, 1.82) is 0 Å². The molecule has 0 saturated carbocycles. The van der Waals surface area contributed by atoms with Gasteiger partial charge in [0, 0.05) is 7.11 Å². The molecule has 0 unspecified atom stereocenters. The van der Waals surface area contributed by atoms with Crippen molar-refractivity contribution in [3.8, 4) is 0 Å². The van der Waals surface area contributed by atoms with Crippen LogP contribution >= 0.6 is 0 Å². The van der Waals surface area contributed by atoms with Gasteiger partial charge in [-0.05, 0) is 58.2 Å². The summed E-state index contributed by atoms with van der Waals surface area (Å²) in [6.07, 6.45) is 0.129. The summed E-state index contributed by atoms with van der Waals surface area (Å²) in [6, 6.07) is 4.07. The predicted octanol–water partition coefficient (Wildman–Crippen LogP) is 2.86. The lowest BCUT2D eigenvalue weighted by Gasteiger charge is -2.34. The quantitative estimate of drug-likeness (QED) is 0.409. The molecule has 0 atom stereocenters. The summed E-state index contributed by atoms with van der Waals surface area (Å²) < 4.78 is 9.98. The molecule has 6 heteroatoms. The number of hydrogen-bond acceptors (Lipinski definition) is 5. The van der Waals surface area contributed by atoms with Crippen LogP contribution in [0.2, 0.25) is 0 Å². The van der Waals surface area contributed by atoms with Gasteiger partial charge in [0.1, 0.15) is 0 Å². The minimum atomic E-state index is -1.27. The van der Waals surface area contributed by atoms with Crippen molar-refractivity contribution in [3.05, 3.63) is 34.4 Å². The number of carbonyl (C=O) groups is 2. The molecule has 0 bridgehead atoms. The maximum absolute atomic E-state index is 12.9. The van der Waals surface area contributed by atoms with Gasteiger partial charge in [-0.3, -0.25) is 4.79 Å². The molecule has 0 heterocycles. The number of aryl methyl sites for hydroxylation is 3. The van der Waals surface area contributed by atoms with E-state index in [1.807, 2.05) is 32.9 Å². The van der Waals surface area contributed by atoms with E-state index in [1.165, 1.54) is 7.11 Å². The van der Waals surface area contributed by atoms with Crippen molar-refractivity contribution in [2.24, 2.45) is 0 Å². The first-order valence-corrected chi connectivity index (χ1v) is 8.34. The van der Waals surface area contributed by atoms with Gasteiger partial charge in [-0.25, -0.2) is 14.7 Å². The lowest BCUT2D eigenvalue weighted by molar-refractivity contribution is -0.252. The number of carbonyl (C=O) groups excluding carboxylic acids is 2. The molecule has 1 amide bonds. The lowest BCUT2D eigenvalue weighted by atomic mass is 9.96. The molecule has 1 rings (SSSR count). The molecule has 0 fully saturated rings. The van der Waals surface area contributed by atoms with E-state index >= 15 is 0 Å². The summed E-state index contributed by atoms with van der Waals surface area (Å²) in [5.74, 6) is -0.859. The molecule has 0 aliphatic carbocycles. The second-order valence-electron chi connectivity index (χ2n) is 6.56. The van der Waals surface area contributed by atoms with E-state index in [2.05, 4.69) is 0 Å². The van der Waals surface area contributed by atoms with E-state index in [4.69, 9.17) is 14.3 Å². The SMILES string of the molecule is CCOC(=O)C(C)(C)N(OCOC)C(=O)Cc1c(C)cc(C)cc1C. The Labute approximate surface area is 150 Å². The molecule has 0 saturated heterocycles. The molecule has 25 heavy (non-hydrogen) atoms. The first-order chi connectivity index (χ1) is 11.6. The fourth-order valence-corrected chi connectivity index (χ4v) is 2.75. The molecular weight excluding hydrogens is 322 g/mol. The van der Waals surface area contributed by atoms with E-state index in [1.54, 1.807) is 20.8 Å². The Bertz CT molecular complexity index is 601. The second kappa shape index (κ2) is 8.97. The van der Waals surface area contributed by atoms with Crippen LogP contribution in [0.25, 0.3) is 0 Å². The van der Waals surface area contributed by atoms with Crippen LogP contribution in [0.1, 0.15) is 43.0 Å². The van der Waals surface area contributed by atoms with E-state index in [0.717, 1.165) is 27.3 Å². The highest BCUT2D eigenvalue weighted by atomic mass is 16.8. The Balaban J connectivity index is 3.11. The van der Waals surface area contributed by atoms with Gasteiger partial charge in [0.15, 0.2) is 12.3 Å². The third-order valence-corrected chi connectivity index (χ3v) is 3.98. The van der Waals surface area contributed by atoms with Crippen LogP contribution in [0.3, 0.4) is 0 Å². The van der Waals surface area contributed by atoms with Crippen molar-refractivity contribution >= 4 is 11.9 Å². The minimum absolute atomic E-state index is 0.129. The van der Waals surface area contributed by atoms with Crippen molar-refractivity contribution < 1.29 is 23.9 Å². The number of esters is 1. The van der Waals surface area contributed by atoms with Gasteiger partial charge in [-0.1, -0.05) is 17.7 Å². The first kappa shape index (κ1) is 21.1. The standard InChI is InChI=1S/C19H29NO5/c1-8-24-18(22)19(5,6)20(25-12-23-7)17(21)11-16-14(3)9-13(2)10-15(16)4/h9-10H,8,11-12H2,1-7H3. The van der Waals surface area contributed by atoms with Gasteiger partial charge in [0.05, 0.1) is 13.0 Å². The monoisotopic (exact) mass is 351 g/mol. The van der Waals surface area contributed by atoms with Crippen LogP contribution in [0.5, 0.6) is 0 Å². The molecular formula is C19H29NO5. The third-order valence-electron chi connectivity index (χ3n) is 3.98. The maximum Gasteiger partial charge on any atom is 0.334 e. The number of ether oxygens (including phenoxy) is 2. The van der Waals surface area contributed by atoms with Gasteiger partial charge in [-0.15, -0.1) is 0 Å². The molecule has 1 aromatic carbocycles. The third kappa shape index (κ3) is 5.28. The van der Waals surface area contributed by atoms with Crippen LogP contribution in [0.4, 0.5) is 0 Å². The Morgan fingerprint density at radius 3 is 2.16 bits per heavy atom. The van der Waals surface area contributed by atoms with Crippen molar-refractivity contribution in [1.82, 2.24) is 5.06 Å². The molecule has 0 N–H and O–H groups in total. The van der Waals surface area contributed by atoms with Crippen molar-refractivity contribution in [3.63, 3.8) is 0 Å². The summed E-state index contributed by atoms with van der Waals surface area (Å²) in [5.41, 5.74) is 2.88. The first-order valence-electron chi connectivity index (χ1n) is 8.34. The topological polar surface area (TPSA) is 65.1 Å². The van der Waals surface area contributed by atoms with Gasteiger partial charge in [-0.2, -0.15) is 0 Å². The number of rotatable bonds is 8. The predicted molar refractivity (Wildman–Crippen MR) is 94.9 cm³/mol.